The van der Waals surface area contributed by atoms with Crippen molar-refractivity contribution in [2.24, 2.45) is 0 Å². The highest BCUT2D eigenvalue weighted by molar-refractivity contribution is 6.35. The Bertz CT molecular complexity index is 809. The first kappa shape index (κ1) is 14.7. The maximum absolute atomic E-state index is 6.19. The highest BCUT2D eigenvalue weighted by atomic mass is 35.5. The molecule has 0 fully saturated rings. The molecule has 0 aliphatic rings. The zero-order valence-corrected chi connectivity index (χ0v) is 13.5. The molecule has 0 saturated carbocycles. The van der Waals surface area contributed by atoms with Gasteiger partial charge in [0.15, 0.2) is 0 Å². The largest absolute Gasteiger partial charge is 0.360 e. The van der Waals surface area contributed by atoms with Gasteiger partial charge >= 0.3 is 0 Å². The van der Waals surface area contributed by atoms with Crippen molar-refractivity contribution >= 4 is 40.0 Å². The minimum Gasteiger partial charge on any atom is -0.360 e. The van der Waals surface area contributed by atoms with E-state index in [1.165, 1.54) is 0 Å². The highest BCUT2D eigenvalue weighted by Gasteiger charge is 2.09. The van der Waals surface area contributed by atoms with Crippen molar-refractivity contribution in [3.63, 3.8) is 0 Å². The number of nitrogens with zero attached hydrogens (tertiary/aromatic N) is 2. The van der Waals surface area contributed by atoms with E-state index in [2.05, 4.69) is 39.4 Å². The first-order chi connectivity index (χ1) is 10.5. The lowest BCUT2D eigenvalue weighted by Gasteiger charge is -2.13. The second kappa shape index (κ2) is 5.85. The fraction of sp³-hybridized carbons (Fsp3) is 0.250. The number of rotatable bonds is 4. The minimum absolute atomic E-state index is 0.280. The lowest BCUT2D eigenvalue weighted by Crippen LogP contribution is -2.13. The van der Waals surface area contributed by atoms with Gasteiger partial charge in [-0.1, -0.05) is 11.6 Å². The number of nitrogens with one attached hydrogen (secondary N) is 3. The summed E-state index contributed by atoms with van der Waals surface area (Å²) in [5.74, 6) is 1.39. The van der Waals surface area contributed by atoms with E-state index in [-0.39, 0.29) is 6.04 Å². The maximum Gasteiger partial charge on any atom is 0.224 e. The second-order valence-corrected chi connectivity index (χ2v) is 5.92. The molecule has 0 spiro atoms. The van der Waals surface area contributed by atoms with Crippen LogP contribution >= 0.6 is 11.6 Å². The average molecular weight is 316 g/mol. The summed E-state index contributed by atoms with van der Waals surface area (Å²) in [6, 6.07) is 6.10. The second-order valence-electron chi connectivity index (χ2n) is 5.51. The van der Waals surface area contributed by atoms with Gasteiger partial charge in [0.05, 0.1) is 10.5 Å². The van der Waals surface area contributed by atoms with Crippen molar-refractivity contribution < 1.29 is 0 Å². The van der Waals surface area contributed by atoms with Crippen LogP contribution in [0, 0.1) is 6.92 Å². The van der Waals surface area contributed by atoms with Gasteiger partial charge in [0.2, 0.25) is 5.95 Å². The Balaban J connectivity index is 1.98. The smallest absolute Gasteiger partial charge is 0.224 e. The van der Waals surface area contributed by atoms with Gasteiger partial charge in [-0.2, -0.15) is 4.98 Å². The van der Waals surface area contributed by atoms with Crippen molar-refractivity contribution in [3.8, 4) is 0 Å². The van der Waals surface area contributed by atoms with E-state index in [4.69, 9.17) is 11.6 Å². The Morgan fingerprint density at radius 2 is 2.05 bits per heavy atom. The van der Waals surface area contributed by atoms with Crippen molar-refractivity contribution in [2.75, 3.05) is 10.6 Å². The van der Waals surface area contributed by atoms with Gasteiger partial charge in [-0.3, -0.25) is 0 Å². The van der Waals surface area contributed by atoms with Crippen molar-refractivity contribution in [1.82, 2.24) is 15.0 Å². The maximum atomic E-state index is 6.19. The normalized spacial score (nSPS) is 11.1. The fourth-order valence-electron chi connectivity index (χ4n) is 2.25. The molecule has 3 N–H and O–H groups in total. The Morgan fingerprint density at radius 1 is 1.23 bits per heavy atom. The van der Waals surface area contributed by atoms with E-state index in [1.54, 1.807) is 0 Å². The third kappa shape index (κ3) is 2.85. The molecule has 6 heteroatoms. The van der Waals surface area contributed by atoms with E-state index in [9.17, 15) is 0 Å². The van der Waals surface area contributed by atoms with E-state index in [1.807, 2.05) is 37.5 Å². The topological polar surface area (TPSA) is 65.6 Å². The molecule has 114 valence electrons. The molecule has 0 unspecified atom stereocenters. The molecule has 0 saturated heterocycles. The lowest BCUT2D eigenvalue weighted by atomic mass is 10.2. The molecule has 0 bridgehead atoms. The monoisotopic (exact) mass is 315 g/mol. The molecule has 0 aliphatic carbocycles. The molecular weight excluding hydrogens is 298 g/mol. The zero-order chi connectivity index (χ0) is 15.7. The number of hydrogen-bond donors (Lipinski definition) is 3. The summed E-state index contributed by atoms with van der Waals surface area (Å²) in [5.41, 5.74) is 2.85. The number of halogens is 1. The predicted octanol–water partition coefficient (Wildman–Crippen LogP) is 4.48. The first-order valence-corrected chi connectivity index (χ1v) is 7.55. The Labute approximate surface area is 134 Å². The molecule has 0 amide bonds. The minimum atomic E-state index is 0.280. The quantitative estimate of drug-likeness (QED) is 0.664. The van der Waals surface area contributed by atoms with Crippen LogP contribution < -0.4 is 10.6 Å². The Hall–Kier alpha value is -2.27. The molecule has 5 nitrogen and oxygen atoms in total. The van der Waals surface area contributed by atoms with Crippen LogP contribution in [0.15, 0.2) is 30.6 Å². The van der Waals surface area contributed by atoms with Crippen molar-refractivity contribution in [1.29, 1.82) is 0 Å². The summed E-state index contributed by atoms with van der Waals surface area (Å²) < 4.78 is 0. The van der Waals surface area contributed by atoms with Gasteiger partial charge in [-0.05, 0) is 39.0 Å². The summed E-state index contributed by atoms with van der Waals surface area (Å²) in [5, 5.41) is 8.31. The van der Waals surface area contributed by atoms with Crippen LogP contribution in [-0.2, 0) is 0 Å². The Kier molecular flexibility index (Phi) is 3.90. The first-order valence-electron chi connectivity index (χ1n) is 7.17. The summed E-state index contributed by atoms with van der Waals surface area (Å²) in [7, 11) is 0. The van der Waals surface area contributed by atoms with Gasteiger partial charge in [0.1, 0.15) is 5.82 Å². The standard InChI is InChI=1S/C16H18ClN5/c1-9(2)20-16-19-8-10(3)15(22-16)21-13-5-4-12(17)14-11(13)6-7-18-14/h4-9,18H,1-3H3,(H2,19,20,21,22). The van der Waals surface area contributed by atoms with Crippen LogP contribution in [0.25, 0.3) is 10.9 Å². The van der Waals surface area contributed by atoms with Gasteiger partial charge in [-0.15, -0.1) is 0 Å². The molecular formula is C16H18ClN5. The average Bonchev–Trinajstić information content (AvgIpc) is 2.95. The number of fused-ring (bicyclic) bond motifs is 1. The molecule has 0 radical (unpaired) electrons. The third-order valence-electron chi connectivity index (χ3n) is 3.31. The van der Waals surface area contributed by atoms with Crippen molar-refractivity contribution in [3.05, 3.63) is 41.2 Å². The van der Waals surface area contributed by atoms with E-state index < -0.39 is 0 Å². The molecule has 22 heavy (non-hydrogen) atoms. The van der Waals surface area contributed by atoms with E-state index in [0.717, 1.165) is 28.0 Å². The molecule has 3 aromatic rings. The van der Waals surface area contributed by atoms with Crippen LogP contribution in [0.4, 0.5) is 17.5 Å². The number of hydrogen-bond acceptors (Lipinski definition) is 4. The van der Waals surface area contributed by atoms with Crippen LogP contribution in [0.3, 0.4) is 0 Å². The number of aromatic nitrogens is 3. The number of benzene rings is 1. The summed E-state index contributed by atoms with van der Waals surface area (Å²) in [6.07, 6.45) is 3.69. The zero-order valence-electron chi connectivity index (χ0n) is 12.7. The van der Waals surface area contributed by atoms with Crippen LogP contribution in [-0.4, -0.2) is 21.0 Å². The van der Waals surface area contributed by atoms with Crippen LogP contribution in [0.5, 0.6) is 0 Å². The number of aromatic amines is 1. The summed E-state index contributed by atoms with van der Waals surface area (Å²) in [4.78, 5) is 12.0. The van der Waals surface area contributed by atoms with Crippen LogP contribution in [0.1, 0.15) is 19.4 Å². The lowest BCUT2D eigenvalue weighted by molar-refractivity contribution is 0.873. The number of H-pyrrole nitrogens is 1. The van der Waals surface area contributed by atoms with Crippen LogP contribution in [0.2, 0.25) is 5.02 Å². The molecule has 0 aliphatic heterocycles. The van der Waals surface area contributed by atoms with Gasteiger partial charge in [0, 0.05) is 35.1 Å². The van der Waals surface area contributed by atoms with Gasteiger partial charge in [-0.25, -0.2) is 4.98 Å². The molecule has 2 heterocycles. The number of anilines is 3. The third-order valence-corrected chi connectivity index (χ3v) is 3.63. The van der Waals surface area contributed by atoms with Crippen molar-refractivity contribution in [2.45, 2.75) is 26.8 Å². The summed E-state index contributed by atoms with van der Waals surface area (Å²) in [6.45, 7) is 6.09. The Morgan fingerprint density at radius 3 is 2.82 bits per heavy atom. The molecule has 3 rings (SSSR count). The fourth-order valence-corrected chi connectivity index (χ4v) is 2.47. The predicted molar refractivity (Wildman–Crippen MR) is 92.1 cm³/mol. The van der Waals surface area contributed by atoms with Gasteiger partial charge in [0.25, 0.3) is 0 Å². The summed E-state index contributed by atoms with van der Waals surface area (Å²) >= 11 is 6.19. The van der Waals surface area contributed by atoms with E-state index >= 15 is 0 Å². The molecule has 0 atom stereocenters. The van der Waals surface area contributed by atoms with Gasteiger partial charge < -0.3 is 15.6 Å². The van der Waals surface area contributed by atoms with E-state index in [0.29, 0.717) is 11.0 Å². The highest BCUT2D eigenvalue weighted by Crippen LogP contribution is 2.31. The molecule has 1 aromatic carbocycles. The molecule has 2 aromatic heterocycles. The SMILES string of the molecule is Cc1cnc(NC(C)C)nc1Nc1ccc(Cl)c2[nH]ccc12. The number of aryl methyl sites for hydroxylation is 1.